The number of hydrogen-bond acceptors (Lipinski definition) is 7. The lowest BCUT2D eigenvalue weighted by atomic mass is 10.2. The number of halogens is 2. The molecular weight excluding hydrogens is 516 g/mol. The first-order valence-corrected chi connectivity index (χ1v) is 11.7. The highest BCUT2D eigenvalue weighted by molar-refractivity contribution is 6.03. The summed E-state index contributed by atoms with van der Waals surface area (Å²) in [7, 11) is 0. The Bertz CT molecular complexity index is 1160. The second-order valence-corrected chi connectivity index (χ2v) is 7.66. The van der Waals surface area contributed by atoms with Gasteiger partial charge in [0.1, 0.15) is 43.0 Å². The molecule has 0 radical (unpaired) electrons. The number of hydrogen-bond donors (Lipinski definition) is 4. The van der Waals surface area contributed by atoms with Crippen LogP contribution < -0.4 is 25.8 Å². The van der Waals surface area contributed by atoms with Gasteiger partial charge in [-0.05, 0) is 54.1 Å². The van der Waals surface area contributed by atoms with Crippen molar-refractivity contribution in [3.63, 3.8) is 0 Å². The fourth-order valence-corrected chi connectivity index (χ4v) is 2.81. The van der Waals surface area contributed by atoms with Crippen LogP contribution in [0.25, 0.3) is 0 Å². The number of rotatable bonds is 12. The molecule has 0 heterocycles. The number of aliphatic carboxylic acids is 1. The van der Waals surface area contributed by atoms with Gasteiger partial charge in [0.15, 0.2) is 0 Å². The maximum absolute atomic E-state index is 12.8. The standard InChI is InChI=1S/C19H19FN2O6.C8H10FNO/c20-14-6-8-15(9-7-14)27-11-10-21-17(23)16(18(24)25)22-19(26)28-12-13-4-2-1-3-5-13;9-7-1-3-8(4-2-7)11-6-5-10/h1-9,16H,10-12H2,(H,21,23)(H,22,26)(H,24,25);1-4H,5-6,10H2/t16-;/m0./s1. The van der Waals surface area contributed by atoms with E-state index in [1.165, 1.54) is 36.4 Å². The SMILES string of the molecule is NCCOc1ccc(F)cc1.O=C(N[C@H](C(=O)O)C(=O)NCCOc1ccc(F)cc1)OCc1ccccc1. The van der Waals surface area contributed by atoms with E-state index in [0.717, 1.165) is 0 Å². The highest BCUT2D eigenvalue weighted by Crippen LogP contribution is 2.11. The van der Waals surface area contributed by atoms with Crippen LogP contribution in [0.4, 0.5) is 13.6 Å². The number of benzene rings is 3. The Morgan fingerprint density at radius 3 is 1.87 bits per heavy atom. The summed E-state index contributed by atoms with van der Waals surface area (Å²) in [6, 6.07) is 18.1. The largest absolute Gasteiger partial charge is 0.492 e. The van der Waals surface area contributed by atoms with Crippen molar-refractivity contribution in [3.8, 4) is 11.5 Å². The Morgan fingerprint density at radius 2 is 1.36 bits per heavy atom. The van der Waals surface area contributed by atoms with Crippen molar-refractivity contribution in [2.45, 2.75) is 12.6 Å². The minimum Gasteiger partial charge on any atom is -0.492 e. The monoisotopic (exact) mass is 545 g/mol. The van der Waals surface area contributed by atoms with Gasteiger partial charge in [-0.3, -0.25) is 10.1 Å². The molecule has 3 aromatic carbocycles. The number of nitrogens with one attached hydrogen (secondary N) is 2. The van der Waals surface area contributed by atoms with E-state index in [4.69, 9.17) is 25.1 Å². The topological polar surface area (TPSA) is 149 Å². The molecule has 0 aliphatic rings. The molecule has 2 amide bonds. The van der Waals surface area contributed by atoms with Gasteiger partial charge in [-0.1, -0.05) is 30.3 Å². The van der Waals surface area contributed by atoms with Gasteiger partial charge in [0.2, 0.25) is 6.04 Å². The minimum absolute atomic E-state index is 0.0132. The fourth-order valence-electron chi connectivity index (χ4n) is 2.81. The van der Waals surface area contributed by atoms with E-state index in [2.05, 4.69) is 5.32 Å². The van der Waals surface area contributed by atoms with Gasteiger partial charge < -0.3 is 30.4 Å². The summed E-state index contributed by atoms with van der Waals surface area (Å²) in [6.45, 7) is 0.887. The van der Waals surface area contributed by atoms with Gasteiger partial charge >= 0.3 is 12.1 Å². The molecule has 0 unspecified atom stereocenters. The van der Waals surface area contributed by atoms with Gasteiger partial charge in [0, 0.05) is 6.54 Å². The van der Waals surface area contributed by atoms with Gasteiger partial charge in [0.05, 0.1) is 6.54 Å². The molecule has 0 saturated heterocycles. The molecule has 208 valence electrons. The third kappa shape index (κ3) is 12.4. The maximum Gasteiger partial charge on any atom is 0.408 e. The van der Waals surface area contributed by atoms with Crippen molar-refractivity contribution in [3.05, 3.63) is 96.1 Å². The van der Waals surface area contributed by atoms with Crippen LogP contribution in [0.2, 0.25) is 0 Å². The Morgan fingerprint density at radius 1 is 0.821 bits per heavy atom. The molecule has 39 heavy (non-hydrogen) atoms. The summed E-state index contributed by atoms with van der Waals surface area (Å²) in [4.78, 5) is 35.0. The van der Waals surface area contributed by atoms with Gasteiger partial charge in [-0.15, -0.1) is 0 Å². The second kappa shape index (κ2) is 16.9. The zero-order chi connectivity index (χ0) is 28.5. The molecule has 0 bridgehead atoms. The van der Waals surface area contributed by atoms with Crippen LogP contribution in [0.1, 0.15) is 5.56 Å². The second-order valence-electron chi connectivity index (χ2n) is 7.66. The number of amides is 2. The molecular formula is C27H29F2N3O7. The lowest BCUT2D eigenvalue weighted by Crippen LogP contribution is -2.52. The highest BCUT2D eigenvalue weighted by Gasteiger charge is 2.28. The molecule has 12 heteroatoms. The zero-order valence-electron chi connectivity index (χ0n) is 20.8. The smallest absolute Gasteiger partial charge is 0.408 e. The van der Waals surface area contributed by atoms with Crippen LogP contribution in [0, 0.1) is 11.6 Å². The molecule has 0 saturated carbocycles. The van der Waals surface area contributed by atoms with Crippen LogP contribution in [0.15, 0.2) is 78.9 Å². The third-order valence-electron chi connectivity index (χ3n) is 4.67. The number of alkyl carbamates (subject to hydrolysis) is 1. The molecule has 5 N–H and O–H groups in total. The first-order chi connectivity index (χ1) is 18.8. The van der Waals surface area contributed by atoms with Gasteiger partial charge in [-0.2, -0.15) is 0 Å². The number of nitrogens with two attached hydrogens (primary N) is 1. The van der Waals surface area contributed by atoms with Gasteiger partial charge in [-0.25, -0.2) is 18.4 Å². The van der Waals surface area contributed by atoms with Crippen LogP contribution in [0.5, 0.6) is 11.5 Å². The Kier molecular flexibility index (Phi) is 13.2. The van der Waals surface area contributed by atoms with Crippen molar-refractivity contribution in [1.29, 1.82) is 0 Å². The van der Waals surface area contributed by atoms with Crippen LogP contribution in [-0.4, -0.2) is 55.4 Å². The summed E-state index contributed by atoms with van der Waals surface area (Å²) < 4.78 is 40.4. The first-order valence-electron chi connectivity index (χ1n) is 11.7. The first kappa shape index (κ1) is 30.5. The fraction of sp³-hybridized carbons (Fsp3) is 0.222. The molecule has 0 aliphatic carbocycles. The summed E-state index contributed by atoms with van der Waals surface area (Å²) >= 11 is 0. The van der Waals surface area contributed by atoms with E-state index in [9.17, 15) is 23.2 Å². The molecule has 3 rings (SSSR count). The number of carboxylic acid groups (broad SMARTS) is 1. The van der Waals surface area contributed by atoms with Crippen LogP contribution in [-0.2, 0) is 20.9 Å². The summed E-state index contributed by atoms with van der Waals surface area (Å²) in [6.07, 6.45) is -1.03. The summed E-state index contributed by atoms with van der Waals surface area (Å²) in [5, 5.41) is 13.5. The Balaban J connectivity index is 0.000000404. The van der Waals surface area contributed by atoms with E-state index >= 15 is 0 Å². The lowest BCUT2D eigenvalue weighted by molar-refractivity contribution is -0.143. The van der Waals surface area contributed by atoms with E-state index in [1.54, 1.807) is 42.5 Å². The predicted octanol–water partition coefficient (Wildman–Crippen LogP) is 2.86. The van der Waals surface area contributed by atoms with Gasteiger partial charge in [0.25, 0.3) is 5.91 Å². The third-order valence-corrected chi connectivity index (χ3v) is 4.67. The Hall–Kier alpha value is -4.71. The molecule has 10 nitrogen and oxygen atoms in total. The van der Waals surface area contributed by atoms with Crippen molar-refractivity contribution >= 4 is 18.0 Å². The minimum atomic E-state index is -1.81. The van der Waals surface area contributed by atoms with Crippen molar-refractivity contribution in [2.24, 2.45) is 5.73 Å². The van der Waals surface area contributed by atoms with E-state index in [-0.39, 0.29) is 25.6 Å². The molecule has 1 atom stereocenters. The molecule has 0 aliphatic heterocycles. The van der Waals surface area contributed by atoms with Crippen molar-refractivity contribution < 1.29 is 42.5 Å². The lowest BCUT2D eigenvalue weighted by Gasteiger charge is -2.15. The normalized spacial score (nSPS) is 10.7. The van der Waals surface area contributed by atoms with E-state index < -0.39 is 29.8 Å². The highest BCUT2D eigenvalue weighted by atomic mass is 19.1. The quantitative estimate of drug-likeness (QED) is 0.201. The van der Waals surface area contributed by atoms with E-state index in [0.29, 0.717) is 30.2 Å². The maximum atomic E-state index is 12.8. The number of ether oxygens (including phenoxy) is 3. The van der Waals surface area contributed by atoms with Crippen LogP contribution in [0.3, 0.4) is 0 Å². The predicted molar refractivity (Wildman–Crippen MR) is 137 cm³/mol. The zero-order valence-corrected chi connectivity index (χ0v) is 20.8. The molecule has 0 aromatic heterocycles. The number of carboxylic acids is 1. The number of carbonyl (C=O) groups excluding carboxylic acids is 2. The molecule has 0 fully saturated rings. The number of carbonyl (C=O) groups is 3. The average molecular weight is 546 g/mol. The van der Waals surface area contributed by atoms with Crippen LogP contribution >= 0.6 is 0 Å². The van der Waals surface area contributed by atoms with E-state index in [1.807, 2.05) is 5.32 Å². The summed E-state index contributed by atoms with van der Waals surface area (Å²) in [5.41, 5.74) is 5.92. The average Bonchev–Trinajstić information content (AvgIpc) is 2.94. The summed E-state index contributed by atoms with van der Waals surface area (Å²) in [5.74, 6) is -2.08. The molecule has 0 spiro atoms. The molecule has 3 aromatic rings. The van der Waals surface area contributed by atoms with Crippen molar-refractivity contribution in [2.75, 3.05) is 26.3 Å². The van der Waals surface area contributed by atoms with Crippen molar-refractivity contribution in [1.82, 2.24) is 10.6 Å². The Labute approximate surface area is 223 Å².